The molecule has 0 spiro atoms. The maximum atomic E-state index is 11.0. The zero-order valence-corrected chi connectivity index (χ0v) is 24.2. The molecule has 0 aliphatic carbocycles. The Labute approximate surface area is 239 Å². The number of nitrogens with zero attached hydrogens (tertiary/aromatic N) is 4. The first-order valence-corrected chi connectivity index (χ1v) is 14.5. The summed E-state index contributed by atoms with van der Waals surface area (Å²) in [5, 5.41) is 14.3. The van der Waals surface area contributed by atoms with Crippen LogP contribution in [0.3, 0.4) is 0 Å². The molecule has 8 nitrogen and oxygen atoms in total. The molecule has 2 amide bonds. The minimum atomic E-state index is -0.230. The van der Waals surface area contributed by atoms with E-state index >= 15 is 0 Å². The Morgan fingerprint density at radius 3 is 1.38 bits per heavy atom. The second-order valence-electron chi connectivity index (χ2n) is 10.1. The fourth-order valence-electron chi connectivity index (χ4n) is 4.41. The Balaban J connectivity index is 0.000000305. The molecule has 0 radical (unpaired) electrons. The molecule has 2 aliphatic rings. The monoisotopic (exact) mass is 550 g/mol. The van der Waals surface area contributed by atoms with Gasteiger partial charge in [0.2, 0.25) is 0 Å². The first kappa shape index (κ1) is 34.6. The first-order chi connectivity index (χ1) is 19.0. The fourth-order valence-corrected chi connectivity index (χ4v) is 4.41. The van der Waals surface area contributed by atoms with E-state index in [1.54, 1.807) is 19.1 Å². The zero-order valence-electron chi connectivity index (χ0n) is 24.2. The predicted molar refractivity (Wildman–Crippen MR) is 159 cm³/mol. The van der Waals surface area contributed by atoms with Crippen molar-refractivity contribution in [1.29, 1.82) is 0 Å². The molecule has 2 aromatic carbocycles. The highest BCUT2D eigenvalue weighted by Crippen LogP contribution is 2.17. The van der Waals surface area contributed by atoms with Crippen molar-refractivity contribution in [2.75, 3.05) is 0 Å². The summed E-state index contributed by atoms with van der Waals surface area (Å²) in [4.78, 5) is 32.8. The Bertz CT molecular complexity index is 1030. The highest BCUT2D eigenvalue weighted by atomic mass is 16.2. The van der Waals surface area contributed by atoms with Gasteiger partial charge in [-0.15, -0.1) is 10.2 Å². The number of fused-ring (bicyclic) bond motifs is 2. The number of azo groups is 2. The van der Waals surface area contributed by atoms with Crippen LogP contribution in [0.4, 0.5) is 0 Å². The van der Waals surface area contributed by atoms with Gasteiger partial charge in [0, 0.05) is 17.5 Å². The highest BCUT2D eigenvalue weighted by molar-refractivity contribution is 5.97. The van der Waals surface area contributed by atoms with Crippen LogP contribution >= 0.6 is 0 Å². The summed E-state index contributed by atoms with van der Waals surface area (Å²) >= 11 is 0. The van der Waals surface area contributed by atoms with Gasteiger partial charge in [-0.3, -0.25) is 9.59 Å². The SMILES string of the molecule is CCCCCCCCCCCCCCC(C)=O.O.O=C1N=NCc2ccccc21.O=C1N=NCc2ccccc21. The van der Waals surface area contributed by atoms with Crippen LogP contribution in [0.2, 0.25) is 0 Å². The molecule has 0 fully saturated rings. The van der Waals surface area contributed by atoms with Gasteiger partial charge in [-0.1, -0.05) is 114 Å². The maximum absolute atomic E-state index is 11.0. The molecule has 2 aliphatic heterocycles. The molecule has 0 unspecified atom stereocenters. The minimum Gasteiger partial charge on any atom is -0.412 e. The van der Waals surface area contributed by atoms with Crippen molar-refractivity contribution in [1.82, 2.24) is 0 Å². The average Bonchev–Trinajstić information content (AvgIpc) is 2.95. The lowest BCUT2D eigenvalue weighted by Gasteiger charge is -2.05. The lowest BCUT2D eigenvalue weighted by molar-refractivity contribution is -0.117. The fraction of sp³-hybridized carbons (Fsp3) is 0.531. The Hall–Kier alpha value is -3.39. The van der Waals surface area contributed by atoms with Crippen LogP contribution in [-0.4, -0.2) is 23.1 Å². The van der Waals surface area contributed by atoms with Crippen LogP contribution in [0.5, 0.6) is 0 Å². The summed E-state index contributed by atoms with van der Waals surface area (Å²) in [5.41, 5.74) is 3.30. The third kappa shape index (κ3) is 14.1. The number of Topliss-reactive ketones (excluding diaryl/α,β-unsaturated/α-hetero) is 1. The van der Waals surface area contributed by atoms with Crippen LogP contribution in [0.15, 0.2) is 69.0 Å². The van der Waals surface area contributed by atoms with Crippen molar-refractivity contribution in [3.05, 3.63) is 70.8 Å². The van der Waals surface area contributed by atoms with Crippen LogP contribution in [-0.2, 0) is 17.9 Å². The van der Waals surface area contributed by atoms with Gasteiger partial charge in [0.1, 0.15) is 5.78 Å². The van der Waals surface area contributed by atoms with Gasteiger partial charge in [-0.2, -0.15) is 10.2 Å². The number of rotatable bonds is 13. The summed E-state index contributed by atoms with van der Waals surface area (Å²) in [6.07, 6.45) is 17.1. The van der Waals surface area contributed by atoms with Crippen LogP contribution in [0.25, 0.3) is 0 Å². The molecule has 2 heterocycles. The summed E-state index contributed by atoms with van der Waals surface area (Å²) in [6.45, 7) is 5.02. The van der Waals surface area contributed by atoms with E-state index in [9.17, 15) is 14.4 Å². The molecular weight excluding hydrogens is 504 g/mol. The normalized spacial score (nSPS) is 12.7. The van der Waals surface area contributed by atoms with E-state index in [1.165, 1.54) is 70.6 Å². The molecule has 2 aromatic rings. The van der Waals surface area contributed by atoms with E-state index < -0.39 is 0 Å². The van der Waals surface area contributed by atoms with Crippen molar-refractivity contribution >= 4 is 17.6 Å². The zero-order chi connectivity index (χ0) is 28.1. The number of hydrogen-bond donors (Lipinski definition) is 0. The van der Waals surface area contributed by atoms with Crippen LogP contribution < -0.4 is 0 Å². The van der Waals surface area contributed by atoms with E-state index in [0.29, 0.717) is 30.0 Å². The Morgan fingerprint density at radius 2 is 1.00 bits per heavy atom. The molecule has 218 valence electrons. The molecule has 8 heteroatoms. The van der Waals surface area contributed by atoms with Crippen molar-refractivity contribution in [2.45, 2.75) is 110 Å². The largest absolute Gasteiger partial charge is 0.412 e. The average molecular weight is 551 g/mol. The van der Waals surface area contributed by atoms with Crippen molar-refractivity contribution in [2.24, 2.45) is 20.5 Å². The molecule has 0 bridgehead atoms. The molecule has 0 saturated heterocycles. The van der Waals surface area contributed by atoms with E-state index in [4.69, 9.17) is 0 Å². The number of carbonyl (C=O) groups is 3. The van der Waals surface area contributed by atoms with Crippen molar-refractivity contribution in [3.8, 4) is 0 Å². The van der Waals surface area contributed by atoms with Crippen LogP contribution in [0.1, 0.15) is 129 Å². The molecule has 0 saturated carbocycles. The number of amides is 2. The topological polar surface area (TPSA) is 132 Å². The number of unbranched alkanes of at least 4 members (excludes halogenated alkanes) is 11. The number of hydrogen-bond acceptors (Lipinski definition) is 5. The van der Waals surface area contributed by atoms with Gasteiger partial charge in [0.15, 0.2) is 0 Å². The second kappa shape index (κ2) is 21.4. The lowest BCUT2D eigenvalue weighted by atomic mass is 10.0. The Kier molecular flexibility index (Phi) is 18.6. The number of ketones is 1. The molecule has 0 aromatic heterocycles. The molecular formula is C32H46N4O4. The van der Waals surface area contributed by atoms with E-state index in [2.05, 4.69) is 27.4 Å². The molecule has 4 rings (SSSR count). The highest BCUT2D eigenvalue weighted by Gasteiger charge is 2.13. The van der Waals surface area contributed by atoms with Gasteiger partial charge in [-0.25, -0.2) is 0 Å². The Morgan fingerprint density at radius 1 is 0.625 bits per heavy atom. The summed E-state index contributed by atoms with van der Waals surface area (Å²) < 4.78 is 0. The molecule has 0 atom stereocenters. The van der Waals surface area contributed by atoms with Crippen molar-refractivity contribution in [3.63, 3.8) is 0 Å². The molecule has 2 N–H and O–H groups in total. The predicted octanol–water partition coefficient (Wildman–Crippen LogP) is 8.43. The first-order valence-electron chi connectivity index (χ1n) is 14.5. The third-order valence-electron chi connectivity index (χ3n) is 6.68. The summed E-state index contributed by atoms with van der Waals surface area (Å²) in [6, 6.07) is 14.8. The smallest absolute Gasteiger partial charge is 0.295 e. The minimum absolute atomic E-state index is 0. The lowest BCUT2D eigenvalue weighted by Crippen LogP contribution is -2.03. The van der Waals surface area contributed by atoms with E-state index in [-0.39, 0.29) is 17.3 Å². The van der Waals surface area contributed by atoms with Gasteiger partial charge in [0.05, 0.1) is 13.1 Å². The summed E-state index contributed by atoms with van der Waals surface area (Å²) in [5.74, 6) is -0.115. The number of benzene rings is 2. The molecule has 40 heavy (non-hydrogen) atoms. The third-order valence-corrected chi connectivity index (χ3v) is 6.68. The summed E-state index contributed by atoms with van der Waals surface area (Å²) in [7, 11) is 0. The van der Waals surface area contributed by atoms with Gasteiger partial charge in [-0.05, 0) is 36.6 Å². The van der Waals surface area contributed by atoms with E-state index in [1.807, 2.05) is 36.4 Å². The maximum Gasteiger partial charge on any atom is 0.295 e. The standard InChI is InChI=1S/C16H32O.2C8H6N2O.H2O/c1-3-4-5-6-7-8-9-10-11-12-13-14-15-16(2)17;2*11-8-7-4-2-1-3-6(7)5-9-10-8;/h3-15H2,1-2H3;2*1-4H,5H2;1H2. The van der Waals surface area contributed by atoms with Crippen molar-refractivity contribution < 1.29 is 19.9 Å². The number of carbonyl (C=O) groups excluding carboxylic acids is 3. The van der Waals surface area contributed by atoms with Gasteiger partial charge >= 0.3 is 0 Å². The quantitative estimate of drug-likeness (QED) is 0.232. The van der Waals surface area contributed by atoms with Gasteiger partial charge < -0.3 is 10.3 Å². The van der Waals surface area contributed by atoms with Gasteiger partial charge in [0.25, 0.3) is 11.8 Å². The van der Waals surface area contributed by atoms with Crippen LogP contribution in [0, 0.1) is 0 Å². The second-order valence-corrected chi connectivity index (χ2v) is 10.1. The van der Waals surface area contributed by atoms with E-state index in [0.717, 1.165) is 24.0 Å².